The molecule has 0 saturated heterocycles. The Hall–Kier alpha value is -3.33. The van der Waals surface area contributed by atoms with Crippen molar-refractivity contribution < 1.29 is 29.2 Å². The number of pyridine rings is 1. The number of aliphatic hydroxyl groups excluding tert-OH is 1. The number of carbonyl (C=O) groups is 1. The van der Waals surface area contributed by atoms with E-state index in [0.717, 1.165) is 11.1 Å². The maximum atomic E-state index is 13.3. The van der Waals surface area contributed by atoms with E-state index in [9.17, 15) is 24.5 Å². The molecule has 0 saturated carbocycles. The predicted molar refractivity (Wildman–Crippen MR) is 125 cm³/mol. The minimum Gasteiger partial charge on any atom is -0.505 e. The van der Waals surface area contributed by atoms with Crippen molar-refractivity contribution in [3.63, 3.8) is 0 Å². The van der Waals surface area contributed by atoms with E-state index in [1.54, 1.807) is 19.1 Å². The molecule has 3 N–H and O–H groups in total. The molecule has 0 aliphatic rings. The number of hydrogen-bond acceptors (Lipinski definition) is 6. The van der Waals surface area contributed by atoms with Crippen molar-refractivity contribution in [3.05, 3.63) is 94.1 Å². The van der Waals surface area contributed by atoms with Crippen LogP contribution in [0.2, 0.25) is 0 Å². The van der Waals surface area contributed by atoms with E-state index in [0.29, 0.717) is 50.5 Å². The van der Waals surface area contributed by atoms with Crippen LogP contribution in [0, 0.1) is 12.7 Å². The number of ether oxygens (including phenoxy) is 1. The van der Waals surface area contributed by atoms with Crippen molar-refractivity contribution in [2.24, 2.45) is 0 Å². The van der Waals surface area contributed by atoms with Gasteiger partial charge in [-0.3, -0.25) is 4.90 Å². The number of halogens is 1. The molecule has 34 heavy (non-hydrogen) atoms. The second kappa shape index (κ2) is 12.2. The zero-order valence-corrected chi connectivity index (χ0v) is 19.1. The average molecular weight is 469 g/mol. The molecule has 7 nitrogen and oxygen atoms in total. The Morgan fingerprint density at radius 2 is 1.74 bits per heavy atom. The summed E-state index contributed by atoms with van der Waals surface area (Å²) in [7, 11) is 0. The Balaban J connectivity index is 1.74. The van der Waals surface area contributed by atoms with Gasteiger partial charge in [0.15, 0.2) is 11.4 Å². The molecule has 0 fully saturated rings. The van der Waals surface area contributed by atoms with Gasteiger partial charge >= 0.3 is 5.97 Å². The smallest absolute Gasteiger partial charge is 0.358 e. The molecule has 3 rings (SSSR count). The summed E-state index contributed by atoms with van der Waals surface area (Å²) in [6, 6.07) is 16.1. The Morgan fingerprint density at radius 1 is 1.03 bits per heavy atom. The van der Waals surface area contributed by atoms with Crippen LogP contribution in [0.3, 0.4) is 0 Å². The van der Waals surface area contributed by atoms with Crippen molar-refractivity contribution in [1.29, 1.82) is 0 Å². The lowest BCUT2D eigenvalue weighted by molar-refractivity contribution is 0.0686. The number of carboxylic acid groups (broad SMARTS) is 1. The molecule has 180 valence electrons. The summed E-state index contributed by atoms with van der Waals surface area (Å²) in [5.74, 6) is -2.17. The number of aliphatic hydroxyl groups is 1. The van der Waals surface area contributed by atoms with Crippen LogP contribution in [-0.4, -0.2) is 50.9 Å². The first-order valence-corrected chi connectivity index (χ1v) is 11.0. The zero-order chi connectivity index (χ0) is 24.5. The first-order valence-electron chi connectivity index (χ1n) is 11.0. The number of aromatic nitrogens is 1. The van der Waals surface area contributed by atoms with Crippen LogP contribution in [0.4, 0.5) is 4.39 Å². The Bertz CT molecular complexity index is 1090. The normalized spacial score (nSPS) is 11.2. The molecule has 3 aromatic rings. The molecule has 0 radical (unpaired) electrons. The van der Waals surface area contributed by atoms with Crippen LogP contribution in [-0.2, 0) is 30.9 Å². The molecular formula is C26H29FN2O5. The third-order valence-corrected chi connectivity index (χ3v) is 5.63. The number of carboxylic acids is 1. The first-order chi connectivity index (χ1) is 16.4. The summed E-state index contributed by atoms with van der Waals surface area (Å²) in [4.78, 5) is 17.5. The van der Waals surface area contributed by atoms with Crippen molar-refractivity contribution in [2.45, 2.75) is 33.1 Å². The highest BCUT2D eigenvalue weighted by molar-refractivity contribution is 5.89. The van der Waals surface area contributed by atoms with Gasteiger partial charge in [-0.1, -0.05) is 42.5 Å². The third kappa shape index (κ3) is 6.84. The number of aromatic hydroxyl groups is 1. The second-order valence-corrected chi connectivity index (χ2v) is 8.01. The molecule has 8 heteroatoms. The van der Waals surface area contributed by atoms with E-state index < -0.39 is 24.0 Å². The number of aryl methyl sites for hydroxylation is 1. The van der Waals surface area contributed by atoms with Gasteiger partial charge in [-0.2, -0.15) is 0 Å². The van der Waals surface area contributed by atoms with Crippen LogP contribution in [0.25, 0.3) is 0 Å². The number of hydrogen-bond donors (Lipinski definition) is 3. The summed E-state index contributed by atoms with van der Waals surface area (Å²) >= 11 is 0. The lowest BCUT2D eigenvalue weighted by Crippen LogP contribution is -2.30. The van der Waals surface area contributed by atoms with Crippen molar-refractivity contribution in [2.75, 3.05) is 19.7 Å². The minimum absolute atomic E-state index is 0.155. The van der Waals surface area contributed by atoms with E-state index in [-0.39, 0.29) is 11.4 Å². The van der Waals surface area contributed by atoms with Gasteiger partial charge in [0, 0.05) is 30.9 Å². The molecule has 0 atom stereocenters. The van der Waals surface area contributed by atoms with Crippen LogP contribution >= 0.6 is 0 Å². The fourth-order valence-corrected chi connectivity index (χ4v) is 3.71. The topological polar surface area (TPSA) is 103 Å². The van der Waals surface area contributed by atoms with Crippen LogP contribution in [0.15, 0.2) is 54.6 Å². The summed E-state index contributed by atoms with van der Waals surface area (Å²) in [5, 5.41) is 29.5. The monoisotopic (exact) mass is 468 g/mol. The van der Waals surface area contributed by atoms with Crippen molar-refractivity contribution in [1.82, 2.24) is 9.88 Å². The largest absolute Gasteiger partial charge is 0.505 e. The van der Waals surface area contributed by atoms with Crippen molar-refractivity contribution >= 4 is 5.97 Å². The summed E-state index contributed by atoms with van der Waals surface area (Å²) in [6.45, 7) is 3.55. The molecule has 0 unspecified atom stereocenters. The summed E-state index contributed by atoms with van der Waals surface area (Å²) < 4.78 is 19.1. The molecule has 0 spiro atoms. The van der Waals surface area contributed by atoms with Crippen LogP contribution < -0.4 is 0 Å². The van der Waals surface area contributed by atoms with Gasteiger partial charge in [-0.15, -0.1) is 0 Å². The third-order valence-electron chi connectivity index (χ3n) is 5.63. The fraction of sp³-hybridized carbons (Fsp3) is 0.308. The van der Waals surface area contributed by atoms with E-state index in [1.807, 2.05) is 30.3 Å². The molecule has 2 aromatic carbocycles. The van der Waals surface area contributed by atoms with Gasteiger partial charge < -0.3 is 20.1 Å². The Labute approximate surface area is 198 Å². The van der Waals surface area contributed by atoms with Gasteiger partial charge in [0.05, 0.1) is 19.8 Å². The molecule has 0 amide bonds. The quantitative estimate of drug-likeness (QED) is 0.348. The highest BCUT2D eigenvalue weighted by Gasteiger charge is 2.22. The lowest BCUT2D eigenvalue weighted by Gasteiger charge is -2.25. The van der Waals surface area contributed by atoms with E-state index >= 15 is 0 Å². The van der Waals surface area contributed by atoms with Crippen LogP contribution in [0.5, 0.6) is 5.75 Å². The lowest BCUT2D eigenvalue weighted by atomic mass is 10.0. The van der Waals surface area contributed by atoms with Gasteiger partial charge in [-0.05, 0) is 42.2 Å². The number of rotatable bonds is 12. The summed E-state index contributed by atoms with van der Waals surface area (Å²) in [6.07, 6.45) is 0.652. The molecule has 0 bridgehead atoms. The SMILES string of the molecule is Cc1nc(C(=O)O)c(O)c(CO)c1CN(CCOCc1ccccc1)CCc1ccc(F)cc1. The van der Waals surface area contributed by atoms with Crippen LogP contribution in [0.1, 0.15) is 38.4 Å². The Morgan fingerprint density at radius 3 is 2.38 bits per heavy atom. The zero-order valence-electron chi connectivity index (χ0n) is 19.1. The Kier molecular flexibility index (Phi) is 9.09. The van der Waals surface area contributed by atoms with Gasteiger partial charge in [-0.25, -0.2) is 14.2 Å². The van der Waals surface area contributed by atoms with E-state index in [2.05, 4.69) is 9.88 Å². The molecular weight excluding hydrogens is 439 g/mol. The first kappa shape index (κ1) is 25.3. The minimum atomic E-state index is -1.36. The molecule has 1 heterocycles. The standard InChI is InChI=1S/C26H29FN2O5/c1-18-22(23(16-30)25(31)24(28-18)26(32)33)15-29(12-11-19-7-9-21(27)10-8-19)13-14-34-17-20-5-3-2-4-6-20/h2-10,30-31H,11-17H2,1H3,(H,32,33). The van der Waals surface area contributed by atoms with Crippen molar-refractivity contribution in [3.8, 4) is 5.75 Å². The average Bonchev–Trinajstić information content (AvgIpc) is 2.83. The maximum Gasteiger partial charge on any atom is 0.358 e. The van der Waals surface area contributed by atoms with E-state index in [4.69, 9.17) is 4.74 Å². The second-order valence-electron chi connectivity index (χ2n) is 8.01. The van der Waals surface area contributed by atoms with Gasteiger partial charge in [0.25, 0.3) is 0 Å². The predicted octanol–water partition coefficient (Wildman–Crippen LogP) is 3.69. The summed E-state index contributed by atoms with van der Waals surface area (Å²) in [5.41, 5.74) is 2.72. The highest BCUT2D eigenvalue weighted by Crippen LogP contribution is 2.28. The highest BCUT2D eigenvalue weighted by atomic mass is 19.1. The van der Waals surface area contributed by atoms with E-state index in [1.165, 1.54) is 12.1 Å². The molecule has 1 aromatic heterocycles. The number of benzene rings is 2. The van der Waals surface area contributed by atoms with Gasteiger partial charge in [0.2, 0.25) is 0 Å². The number of nitrogens with zero attached hydrogens (tertiary/aromatic N) is 2. The van der Waals surface area contributed by atoms with Gasteiger partial charge in [0.1, 0.15) is 5.82 Å². The fourth-order valence-electron chi connectivity index (χ4n) is 3.71. The number of aromatic carboxylic acids is 1. The maximum absolute atomic E-state index is 13.3. The molecule has 0 aliphatic heterocycles. The molecule has 0 aliphatic carbocycles.